The van der Waals surface area contributed by atoms with Gasteiger partial charge in [-0.2, -0.15) is 0 Å². The molecule has 2 aromatic carbocycles. The van der Waals surface area contributed by atoms with Crippen LogP contribution in [0.3, 0.4) is 0 Å². The van der Waals surface area contributed by atoms with Gasteiger partial charge in [-0.15, -0.1) is 0 Å². The number of anilines is 1. The van der Waals surface area contributed by atoms with Crippen LogP contribution in [0, 0.1) is 0 Å². The van der Waals surface area contributed by atoms with Gasteiger partial charge in [0.05, 0.1) is 0 Å². The fourth-order valence-corrected chi connectivity index (χ4v) is 6.71. The van der Waals surface area contributed by atoms with Crippen molar-refractivity contribution in [1.82, 2.24) is 24.5 Å². The van der Waals surface area contributed by atoms with E-state index in [1.54, 1.807) is 29.2 Å². The highest BCUT2D eigenvalue weighted by molar-refractivity contribution is 5.89. The van der Waals surface area contributed by atoms with E-state index in [-0.39, 0.29) is 30.2 Å². The summed E-state index contributed by atoms with van der Waals surface area (Å²) in [6, 6.07) is 16.4. The topological polar surface area (TPSA) is 109 Å². The molecule has 11 heteroatoms. The number of hydrogen-bond acceptors (Lipinski definition) is 7. The van der Waals surface area contributed by atoms with Crippen LogP contribution in [0.5, 0.6) is 5.75 Å². The number of carbonyl (C=O) groups is 3. The molecule has 0 spiro atoms. The lowest BCUT2D eigenvalue weighted by atomic mass is 10.0. The molecule has 3 aliphatic rings. The third kappa shape index (κ3) is 10.1. The Kier molecular flexibility index (Phi) is 13.7. The Morgan fingerprint density at radius 3 is 2.04 bits per heavy atom. The Balaban J connectivity index is 0.00000245. The molecule has 0 radical (unpaired) electrons. The van der Waals surface area contributed by atoms with Gasteiger partial charge in [0.2, 0.25) is 0 Å². The molecule has 0 saturated carbocycles. The van der Waals surface area contributed by atoms with E-state index in [0.29, 0.717) is 51.6 Å². The number of phenolic OH excluding ortho intramolecular Hbond substituents is 1. The van der Waals surface area contributed by atoms with Crippen molar-refractivity contribution in [1.29, 1.82) is 0 Å². The van der Waals surface area contributed by atoms with Crippen LogP contribution in [0.25, 0.3) is 0 Å². The van der Waals surface area contributed by atoms with Crippen molar-refractivity contribution >= 4 is 23.7 Å². The second-order valence-corrected chi connectivity index (χ2v) is 12.4. The van der Waals surface area contributed by atoms with E-state index < -0.39 is 12.2 Å². The Morgan fingerprint density at radius 2 is 1.45 bits per heavy atom. The number of likely N-dealkylation sites (tertiary alicyclic amines) is 2. The van der Waals surface area contributed by atoms with E-state index in [0.717, 1.165) is 50.3 Å². The van der Waals surface area contributed by atoms with Gasteiger partial charge in [0, 0.05) is 83.1 Å². The average molecular weight is 651 g/mol. The number of piperazine rings is 1. The van der Waals surface area contributed by atoms with Crippen molar-refractivity contribution in [3.8, 4) is 5.75 Å². The number of likely N-dealkylation sites (N-methyl/N-ethyl adjacent to an activating group) is 1. The highest BCUT2D eigenvalue weighted by Gasteiger charge is 2.35. The van der Waals surface area contributed by atoms with Crippen molar-refractivity contribution in [2.45, 2.75) is 71.1 Å². The maximum atomic E-state index is 13.8. The Bertz CT molecular complexity index is 1250. The minimum absolute atomic E-state index is 0.00112. The van der Waals surface area contributed by atoms with E-state index in [4.69, 9.17) is 4.74 Å². The summed E-state index contributed by atoms with van der Waals surface area (Å²) in [6.45, 7) is 12.9. The van der Waals surface area contributed by atoms with Crippen LogP contribution < -0.4 is 5.32 Å². The van der Waals surface area contributed by atoms with Crippen LogP contribution in [0.15, 0.2) is 54.6 Å². The van der Waals surface area contributed by atoms with Gasteiger partial charge in [-0.1, -0.05) is 44.2 Å². The summed E-state index contributed by atoms with van der Waals surface area (Å²) in [5, 5.41) is 12.7. The lowest BCUT2D eigenvalue weighted by molar-refractivity contribution is -0.142. The van der Waals surface area contributed by atoms with Crippen LogP contribution in [0.2, 0.25) is 0 Å². The SMILES string of the molecule is CC.CCN(C(=O)Nc1ccccc1)C1CCN(C(=O)O[C@H](Cc2ccc(O)cc2)C(=O)N2CCC(N3CCN(C)CC3)CC2)CC1. The first kappa shape index (κ1) is 36.0. The van der Waals surface area contributed by atoms with Crippen molar-refractivity contribution < 1.29 is 24.2 Å². The molecule has 1 atom stereocenters. The van der Waals surface area contributed by atoms with Gasteiger partial charge in [-0.05, 0) is 69.5 Å². The summed E-state index contributed by atoms with van der Waals surface area (Å²) in [6.07, 6.45) is 1.85. The molecule has 3 aliphatic heterocycles. The second-order valence-electron chi connectivity index (χ2n) is 12.4. The number of urea groups is 1. The maximum absolute atomic E-state index is 13.8. The van der Waals surface area contributed by atoms with E-state index in [2.05, 4.69) is 22.2 Å². The van der Waals surface area contributed by atoms with Crippen LogP contribution >= 0.6 is 0 Å². The first-order valence-corrected chi connectivity index (χ1v) is 17.4. The van der Waals surface area contributed by atoms with E-state index in [1.165, 1.54) is 0 Å². The lowest BCUT2D eigenvalue weighted by Gasteiger charge is -2.42. The van der Waals surface area contributed by atoms with E-state index in [9.17, 15) is 19.5 Å². The molecule has 2 aromatic rings. The molecule has 3 saturated heterocycles. The van der Waals surface area contributed by atoms with E-state index in [1.807, 2.05) is 60.9 Å². The van der Waals surface area contributed by atoms with Gasteiger partial charge in [-0.3, -0.25) is 9.69 Å². The highest BCUT2D eigenvalue weighted by atomic mass is 16.6. The van der Waals surface area contributed by atoms with Gasteiger partial charge in [0.15, 0.2) is 6.10 Å². The zero-order valence-electron chi connectivity index (χ0n) is 28.6. The molecule has 4 amide bonds. The third-order valence-electron chi connectivity index (χ3n) is 9.50. The summed E-state index contributed by atoms with van der Waals surface area (Å²) in [4.78, 5) is 50.5. The third-order valence-corrected chi connectivity index (χ3v) is 9.50. The van der Waals surface area contributed by atoms with Crippen LogP contribution in [0.4, 0.5) is 15.3 Å². The molecule has 0 bridgehead atoms. The summed E-state index contributed by atoms with van der Waals surface area (Å²) in [7, 11) is 2.15. The van der Waals surface area contributed by atoms with Crippen molar-refractivity contribution in [2.24, 2.45) is 0 Å². The maximum Gasteiger partial charge on any atom is 0.410 e. The number of para-hydroxylation sites is 1. The van der Waals surface area contributed by atoms with Gasteiger partial charge >= 0.3 is 12.1 Å². The molecular formula is C36H54N6O5. The minimum atomic E-state index is -0.955. The normalized spacial score (nSPS) is 18.9. The Hall–Kier alpha value is -3.83. The number of carbonyl (C=O) groups excluding carboxylic acids is 3. The smallest absolute Gasteiger partial charge is 0.410 e. The van der Waals surface area contributed by atoms with Gasteiger partial charge < -0.3 is 34.8 Å². The number of phenols is 1. The molecular weight excluding hydrogens is 596 g/mol. The van der Waals surface area contributed by atoms with Crippen molar-refractivity contribution in [3.05, 3.63) is 60.2 Å². The number of ether oxygens (including phenoxy) is 1. The number of nitrogens with one attached hydrogen (secondary N) is 1. The number of aromatic hydroxyl groups is 1. The van der Waals surface area contributed by atoms with E-state index >= 15 is 0 Å². The first-order chi connectivity index (χ1) is 22.8. The number of benzene rings is 2. The quantitative estimate of drug-likeness (QED) is 0.426. The minimum Gasteiger partial charge on any atom is -0.508 e. The number of rotatable bonds is 8. The molecule has 11 nitrogen and oxygen atoms in total. The molecule has 47 heavy (non-hydrogen) atoms. The molecule has 258 valence electrons. The fourth-order valence-electron chi connectivity index (χ4n) is 6.71. The van der Waals surface area contributed by atoms with Crippen LogP contribution in [-0.2, 0) is 16.0 Å². The molecule has 3 fully saturated rings. The number of piperidine rings is 2. The second kappa shape index (κ2) is 17.9. The van der Waals surface area contributed by atoms with Gasteiger partial charge in [0.25, 0.3) is 5.91 Å². The zero-order chi connectivity index (χ0) is 33.8. The molecule has 5 rings (SSSR count). The molecule has 0 aliphatic carbocycles. The highest BCUT2D eigenvalue weighted by Crippen LogP contribution is 2.23. The lowest BCUT2D eigenvalue weighted by Crippen LogP contribution is -2.54. The number of nitrogens with zero attached hydrogens (tertiary/aromatic N) is 5. The Morgan fingerprint density at radius 1 is 0.851 bits per heavy atom. The monoisotopic (exact) mass is 650 g/mol. The zero-order valence-corrected chi connectivity index (χ0v) is 28.6. The Labute approximate surface area is 280 Å². The van der Waals surface area contributed by atoms with Gasteiger partial charge in [-0.25, -0.2) is 9.59 Å². The fraction of sp³-hybridized carbons (Fsp3) is 0.583. The average Bonchev–Trinajstić information content (AvgIpc) is 3.11. The first-order valence-electron chi connectivity index (χ1n) is 17.4. The summed E-state index contributed by atoms with van der Waals surface area (Å²) < 4.78 is 5.97. The molecule has 0 unspecified atom stereocenters. The van der Waals surface area contributed by atoms with Gasteiger partial charge in [0.1, 0.15) is 5.75 Å². The van der Waals surface area contributed by atoms with Crippen LogP contribution in [0.1, 0.15) is 52.0 Å². The van der Waals surface area contributed by atoms with Crippen molar-refractivity contribution in [2.75, 3.05) is 71.3 Å². The summed E-state index contributed by atoms with van der Waals surface area (Å²) in [5.74, 6) is -0.0241. The van der Waals surface area contributed by atoms with Crippen LogP contribution in [-0.4, -0.2) is 132 Å². The number of amides is 4. The van der Waals surface area contributed by atoms with Crippen molar-refractivity contribution in [3.63, 3.8) is 0 Å². The summed E-state index contributed by atoms with van der Waals surface area (Å²) in [5.41, 5.74) is 1.56. The largest absolute Gasteiger partial charge is 0.508 e. The summed E-state index contributed by atoms with van der Waals surface area (Å²) >= 11 is 0. The molecule has 3 heterocycles. The predicted molar refractivity (Wildman–Crippen MR) is 185 cm³/mol. The molecule has 0 aromatic heterocycles. The predicted octanol–water partition coefficient (Wildman–Crippen LogP) is 4.72. The number of hydrogen-bond donors (Lipinski definition) is 2. The molecule has 2 N–H and O–H groups in total. The standard InChI is InChI=1S/C34H48N6O5.C2H6/c1-3-40(33(43)35-27-7-5-4-6-8-27)29-15-19-39(20-16-29)34(44)45-31(25-26-9-11-30(41)12-10-26)32(42)38-17-13-28(14-18-38)37-23-21-36(2)22-24-37;1-2/h4-12,28-29,31,41H,3,13-25H2,1-2H3,(H,35,43);1-2H3/t31-;/m1./s1.